The highest BCUT2D eigenvalue weighted by molar-refractivity contribution is 7.92. The summed E-state index contributed by atoms with van der Waals surface area (Å²) in [5, 5.41) is 2.84. The lowest BCUT2D eigenvalue weighted by atomic mass is 10.1. The number of carbonyl (C=O) groups excluding carboxylic acids is 2. The minimum atomic E-state index is -3.74. The average Bonchev–Trinajstić information content (AvgIpc) is 2.75. The maximum atomic E-state index is 13.5. The molecule has 8 heteroatoms. The van der Waals surface area contributed by atoms with Crippen LogP contribution in [0.15, 0.2) is 48.5 Å². The van der Waals surface area contributed by atoms with Crippen LogP contribution in [0.1, 0.15) is 44.4 Å². The van der Waals surface area contributed by atoms with Gasteiger partial charge in [0.25, 0.3) is 0 Å². The van der Waals surface area contributed by atoms with Gasteiger partial charge in [0.05, 0.1) is 11.9 Å². The van der Waals surface area contributed by atoms with E-state index in [0.29, 0.717) is 12.1 Å². The van der Waals surface area contributed by atoms with Crippen molar-refractivity contribution in [2.45, 2.75) is 59.7 Å². The Balaban J connectivity index is 2.42. The number of para-hydroxylation sites is 1. The minimum Gasteiger partial charge on any atom is -0.352 e. The number of aryl methyl sites for hydroxylation is 2. The molecule has 33 heavy (non-hydrogen) atoms. The molecule has 0 radical (unpaired) electrons. The standard InChI is InChI=1S/C25H35N3O4S/c1-7-22-10-8-9-11-23(22)28(33(6,31)32)17-24(29)27(20(5)25(30)26-18(2)3)16-21-14-12-19(4)13-15-21/h8-15,18,20H,7,16-17H2,1-6H3,(H,26,30)/t20-/m1/s1. The van der Waals surface area contributed by atoms with Gasteiger partial charge in [0.1, 0.15) is 12.6 Å². The Bertz CT molecular complexity index is 1070. The molecule has 2 aromatic carbocycles. The van der Waals surface area contributed by atoms with Gasteiger partial charge in [-0.1, -0.05) is 55.0 Å². The van der Waals surface area contributed by atoms with E-state index in [9.17, 15) is 18.0 Å². The lowest BCUT2D eigenvalue weighted by molar-refractivity contribution is -0.139. The van der Waals surface area contributed by atoms with Crippen LogP contribution in [-0.4, -0.2) is 50.0 Å². The molecule has 7 nitrogen and oxygen atoms in total. The molecule has 0 aromatic heterocycles. The van der Waals surface area contributed by atoms with E-state index >= 15 is 0 Å². The minimum absolute atomic E-state index is 0.0831. The molecule has 2 aromatic rings. The summed E-state index contributed by atoms with van der Waals surface area (Å²) in [5.74, 6) is -0.733. The Morgan fingerprint density at radius 2 is 1.61 bits per heavy atom. The first-order chi connectivity index (χ1) is 15.4. The Hall–Kier alpha value is -2.87. The molecular weight excluding hydrogens is 438 g/mol. The summed E-state index contributed by atoms with van der Waals surface area (Å²) >= 11 is 0. The lowest BCUT2D eigenvalue weighted by Crippen LogP contribution is -2.52. The van der Waals surface area contributed by atoms with Gasteiger partial charge in [0, 0.05) is 12.6 Å². The molecule has 0 aliphatic heterocycles. The average molecular weight is 474 g/mol. The van der Waals surface area contributed by atoms with Crippen molar-refractivity contribution in [2.75, 3.05) is 17.1 Å². The molecule has 0 saturated carbocycles. The fraction of sp³-hybridized carbons (Fsp3) is 0.440. The number of rotatable bonds is 10. The molecule has 0 bridgehead atoms. The molecule has 0 spiro atoms. The van der Waals surface area contributed by atoms with E-state index in [0.717, 1.165) is 27.3 Å². The number of nitrogens with zero attached hydrogens (tertiary/aromatic N) is 2. The number of benzene rings is 2. The summed E-state index contributed by atoms with van der Waals surface area (Å²) in [7, 11) is -3.74. The van der Waals surface area contributed by atoms with Crippen LogP contribution in [0.5, 0.6) is 0 Å². The molecule has 0 fully saturated rings. The van der Waals surface area contributed by atoms with Gasteiger partial charge >= 0.3 is 0 Å². The second-order valence-electron chi connectivity index (χ2n) is 8.60. The second kappa shape index (κ2) is 11.3. The zero-order valence-electron chi connectivity index (χ0n) is 20.3. The Morgan fingerprint density at radius 3 is 2.15 bits per heavy atom. The quantitative estimate of drug-likeness (QED) is 0.574. The van der Waals surface area contributed by atoms with Crippen LogP contribution >= 0.6 is 0 Å². The summed E-state index contributed by atoms with van der Waals surface area (Å²) in [6, 6.07) is 14.0. The van der Waals surface area contributed by atoms with Gasteiger partial charge in [-0.05, 0) is 51.3 Å². The first kappa shape index (κ1) is 26.4. The van der Waals surface area contributed by atoms with E-state index in [1.165, 1.54) is 4.90 Å². The van der Waals surface area contributed by atoms with Gasteiger partial charge in [-0.3, -0.25) is 13.9 Å². The third kappa shape index (κ3) is 7.32. The molecule has 0 aliphatic carbocycles. The number of anilines is 1. The molecular formula is C25H35N3O4S. The smallest absolute Gasteiger partial charge is 0.244 e. The van der Waals surface area contributed by atoms with Crippen LogP contribution in [0, 0.1) is 6.92 Å². The van der Waals surface area contributed by atoms with Crippen molar-refractivity contribution in [2.24, 2.45) is 0 Å². The first-order valence-corrected chi connectivity index (χ1v) is 13.0. The van der Waals surface area contributed by atoms with Gasteiger partial charge in [-0.2, -0.15) is 0 Å². The van der Waals surface area contributed by atoms with Crippen LogP contribution in [-0.2, 0) is 32.6 Å². The van der Waals surface area contributed by atoms with E-state index < -0.39 is 22.0 Å². The highest BCUT2D eigenvalue weighted by Gasteiger charge is 2.30. The number of hydrogen-bond donors (Lipinski definition) is 1. The Labute approximate surface area is 197 Å². The predicted octanol–water partition coefficient (Wildman–Crippen LogP) is 3.27. The van der Waals surface area contributed by atoms with Crippen LogP contribution in [0.3, 0.4) is 0 Å². The monoisotopic (exact) mass is 473 g/mol. The molecule has 0 unspecified atom stereocenters. The van der Waals surface area contributed by atoms with Gasteiger partial charge in [-0.15, -0.1) is 0 Å². The summed E-state index contributed by atoms with van der Waals surface area (Å²) in [6.45, 7) is 9.08. The number of sulfonamides is 1. The van der Waals surface area contributed by atoms with Gasteiger partial charge in [0.15, 0.2) is 0 Å². The summed E-state index contributed by atoms with van der Waals surface area (Å²) in [6.07, 6.45) is 1.71. The highest BCUT2D eigenvalue weighted by Crippen LogP contribution is 2.24. The van der Waals surface area contributed by atoms with E-state index in [1.807, 2.05) is 64.1 Å². The molecule has 2 rings (SSSR count). The topological polar surface area (TPSA) is 86.8 Å². The first-order valence-electron chi connectivity index (χ1n) is 11.1. The third-order valence-electron chi connectivity index (χ3n) is 5.39. The van der Waals surface area contributed by atoms with E-state index in [-0.39, 0.29) is 25.0 Å². The largest absolute Gasteiger partial charge is 0.352 e. The van der Waals surface area contributed by atoms with Crippen LogP contribution in [0.25, 0.3) is 0 Å². The predicted molar refractivity (Wildman–Crippen MR) is 132 cm³/mol. The van der Waals surface area contributed by atoms with Crippen LogP contribution < -0.4 is 9.62 Å². The molecule has 2 amide bonds. The van der Waals surface area contributed by atoms with Crippen molar-refractivity contribution in [3.63, 3.8) is 0 Å². The summed E-state index contributed by atoms with van der Waals surface area (Å²) in [5.41, 5.74) is 3.25. The number of hydrogen-bond acceptors (Lipinski definition) is 4. The molecule has 1 atom stereocenters. The molecule has 180 valence electrons. The Morgan fingerprint density at radius 1 is 1.00 bits per heavy atom. The van der Waals surface area contributed by atoms with E-state index in [4.69, 9.17) is 0 Å². The highest BCUT2D eigenvalue weighted by atomic mass is 32.2. The van der Waals surface area contributed by atoms with E-state index in [1.54, 1.807) is 19.1 Å². The van der Waals surface area contributed by atoms with Crippen LogP contribution in [0.2, 0.25) is 0 Å². The number of amides is 2. The number of carbonyl (C=O) groups is 2. The molecule has 0 aliphatic rings. The van der Waals surface area contributed by atoms with Crippen molar-refractivity contribution >= 4 is 27.5 Å². The summed E-state index contributed by atoms with van der Waals surface area (Å²) in [4.78, 5) is 27.7. The zero-order chi connectivity index (χ0) is 24.8. The van der Waals surface area contributed by atoms with Crippen molar-refractivity contribution < 1.29 is 18.0 Å². The summed E-state index contributed by atoms with van der Waals surface area (Å²) < 4.78 is 26.5. The fourth-order valence-corrected chi connectivity index (χ4v) is 4.41. The second-order valence-corrected chi connectivity index (χ2v) is 10.5. The zero-order valence-corrected chi connectivity index (χ0v) is 21.1. The maximum absolute atomic E-state index is 13.5. The van der Waals surface area contributed by atoms with Gasteiger partial charge in [-0.25, -0.2) is 8.42 Å². The lowest BCUT2D eigenvalue weighted by Gasteiger charge is -2.32. The van der Waals surface area contributed by atoms with Crippen molar-refractivity contribution in [1.29, 1.82) is 0 Å². The SMILES string of the molecule is CCc1ccccc1N(CC(=O)N(Cc1ccc(C)cc1)[C@H](C)C(=O)NC(C)C)S(C)(=O)=O. The Kier molecular flexibility index (Phi) is 9.05. The van der Waals surface area contributed by atoms with Gasteiger partial charge < -0.3 is 10.2 Å². The molecule has 1 N–H and O–H groups in total. The molecule has 0 heterocycles. The van der Waals surface area contributed by atoms with Crippen molar-refractivity contribution in [3.05, 3.63) is 65.2 Å². The van der Waals surface area contributed by atoms with Crippen LogP contribution in [0.4, 0.5) is 5.69 Å². The normalized spacial score (nSPS) is 12.3. The fourth-order valence-electron chi connectivity index (χ4n) is 3.53. The third-order valence-corrected chi connectivity index (χ3v) is 6.52. The molecule has 0 saturated heterocycles. The van der Waals surface area contributed by atoms with Crippen molar-refractivity contribution in [1.82, 2.24) is 10.2 Å². The number of nitrogens with one attached hydrogen (secondary N) is 1. The van der Waals surface area contributed by atoms with Crippen molar-refractivity contribution in [3.8, 4) is 0 Å². The maximum Gasteiger partial charge on any atom is 0.244 e. The van der Waals surface area contributed by atoms with E-state index in [2.05, 4.69) is 5.32 Å². The van der Waals surface area contributed by atoms with Gasteiger partial charge in [0.2, 0.25) is 21.8 Å².